The van der Waals surface area contributed by atoms with Crippen LogP contribution >= 0.6 is 0 Å². The van der Waals surface area contributed by atoms with Crippen molar-refractivity contribution < 1.29 is 13.2 Å². The van der Waals surface area contributed by atoms with Gasteiger partial charge in [0.1, 0.15) is 0 Å². The van der Waals surface area contributed by atoms with Crippen LogP contribution in [0.2, 0.25) is 0 Å². The van der Waals surface area contributed by atoms with Gasteiger partial charge >= 0.3 is 6.18 Å². The maximum Gasteiger partial charge on any atom is 0.401 e. The lowest BCUT2D eigenvalue weighted by molar-refractivity contribution is -0.150. The van der Waals surface area contributed by atoms with Gasteiger partial charge in [-0.05, 0) is 32.9 Å². The fraction of sp³-hybridized carbons (Fsp3) is 1.00. The largest absolute Gasteiger partial charge is 0.401 e. The first-order valence-electron chi connectivity index (χ1n) is 5.92. The minimum atomic E-state index is -4.10. The van der Waals surface area contributed by atoms with Gasteiger partial charge in [-0.25, -0.2) is 0 Å². The molecule has 2 nitrogen and oxygen atoms in total. The molecule has 1 atom stereocenters. The molecule has 0 aliphatic carbocycles. The van der Waals surface area contributed by atoms with E-state index in [1.165, 1.54) is 4.90 Å². The number of alkyl halides is 3. The van der Waals surface area contributed by atoms with Crippen LogP contribution in [0.25, 0.3) is 0 Å². The van der Waals surface area contributed by atoms with E-state index in [0.29, 0.717) is 13.1 Å². The highest BCUT2D eigenvalue weighted by Crippen LogP contribution is 2.18. The standard InChI is InChI=1S/C11H23F3N2/c1-4-6-15-8-10(3)16(7-5-2)9-11(12,13)14/h10,15H,4-9H2,1-3H3. The Morgan fingerprint density at radius 3 is 2.25 bits per heavy atom. The van der Waals surface area contributed by atoms with E-state index in [1.807, 2.05) is 20.8 Å². The lowest BCUT2D eigenvalue weighted by Crippen LogP contribution is -2.45. The van der Waals surface area contributed by atoms with Gasteiger partial charge in [0.2, 0.25) is 0 Å². The SMILES string of the molecule is CCCNCC(C)N(CCC)CC(F)(F)F. The van der Waals surface area contributed by atoms with Crippen LogP contribution in [0.4, 0.5) is 13.2 Å². The Morgan fingerprint density at radius 1 is 1.19 bits per heavy atom. The second-order valence-electron chi connectivity index (χ2n) is 4.14. The zero-order valence-electron chi connectivity index (χ0n) is 10.4. The van der Waals surface area contributed by atoms with Crippen LogP contribution in [0, 0.1) is 0 Å². The summed E-state index contributed by atoms with van der Waals surface area (Å²) >= 11 is 0. The first kappa shape index (κ1) is 15.7. The zero-order valence-corrected chi connectivity index (χ0v) is 10.4. The van der Waals surface area contributed by atoms with Gasteiger partial charge in [0, 0.05) is 12.6 Å². The third-order valence-electron chi connectivity index (χ3n) is 2.38. The first-order valence-corrected chi connectivity index (χ1v) is 5.92. The Bertz CT molecular complexity index is 171. The van der Waals surface area contributed by atoms with Crippen molar-refractivity contribution in [3.8, 4) is 0 Å². The Kier molecular flexibility index (Phi) is 7.76. The molecule has 5 heteroatoms. The molecule has 0 aliphatic rings. The van der Waals surface area contributed by atoms with E-state index in [1.54, 1.807) is 0 Å². The molecule has 0 aromatic rings. The topological polar surface area (TPSA) is 15.3 Å². The molecular weight excluding hydrogens is 217 g/mol. The minimum Gasteiger partial charge on any atom is -0.315 e. The lowest BCUT2D eigenvalue weighted by Gasteiger charge is -2.29. The van der Waals surface area contributed by atoms with E-state index in [-0.39, 0.29) is 6.04 Å². The van der Waals surface area contributed by atoms with Crippen LogP contribution in [-0.4, -0.2) is 43.3 Å². The number of nitrogens with zero attached hydrogens (tertiary/aromatic N) is 1. The highest BCUT2D eigenvalue weighted by molar-refractivity contribution is 4.72. The van der Waals surface area contributed by atoms with Crippen LogP contribution < -0.4 is 5.32 Å². The molecule has 0 rings (SSSR count). The first-order chi connectivity index (χ1) is 7.40. The second-order valence-corrected chi connectivity index (χ2v) is 4.14. The smallest absolute Gasteiger partial charge is 0.315 e. The Labute approximate surface area is 96.2 Å². The molecule has 0 amide bonds. The molecule has 0 aliphatic heterocycles. The average Bonchev–Trinajstić information content (AvgIpc) is 2.15. The Hall–Kier alpha value is -0.290. The summed E-state index contributed by atoms with van der Waals surface area (Å²) < 4.78 is 36.9. The summed E-state index contributed by atoms with van der Waals surface area (Å²) in [5.74, 6) is 0. The van der Waals surface area contributed by atoms with Gasteiger partial charge in [0.15, 0.2) is 0 Å². The molecule has 1 N–H and O–H groups in total. The molecule has 0 aromatic heterocycles. The van der Waals surface area contributed by atoms with Crippen molar-refractivity contribution in [2.75, 3.05) is 26.2 Å². The molecule has 0 radical (unpaired) electrons. The van der Waals surface area contributed by atoms with Crippen molar-refractivity contribution >= 4 is 0 Å². The number of rotatable bonds is 8. The van der Waals surface area contributed by atoms with Crippen LogP contribution in [0.5, 0.6) is 0 Å². The summed E-state index contributed by atoms with van der Waals surface area (Å²) in [7, 11) is 0. The molecule has 0 fully saturated rings. The average molecular weight is 240 g/mol. The molecule has 0 bridgehead atoms. The van der Waals surface area contributed by atoms with Gasteiger partial charge < -0.3 is 5.32 Å². The zero-order chi connectivity index (χ0) is 12.6. The van der Waals surface area contributed by atoms with Crippen molar-refractivity contribution in [2.24, 2.45) is 0 Å². The molecule has 1 unspecified atom stereocenters. The predicted octanol–water partition coefficient (Wildman–Crippen LogP) is 2.65. The maximum absolute atomic E-state index is 12.3. The van der Waals surface area contributed by atoms with Gasteiger partial charge in [-0.15, -0.1) is 0 Å². The molecule has 98 valence electrons. The van der Waals surface area contributed by atoms with Crippen molar-refractivity contribution in [3.05, 3.63) is 0 Å². The van der Waals surface area contributed by atoms with E-state index in [0.717, 1.165) is 19.4 Å². The third kappa shape index (κ3) is 7.93. The van der Waals surface area contributed by atoms with E-state index < -0.39 is 12.7 Å². The molecule has 0 saturated carbocycles. The van der Waals surface area contributed by atoms with Gasteiger partial charge in [-0.3, -0.25) is 4.90 Å². The monoisotopic (exact) mass is 240 g/mol. The van der Waals surface area contributed by atoms with Crippen molar-refractivity contribution in [1.82, 2.24) is 10.2 Å². The van der Waals surface area contributed by atoms with Gasteiger partial charge in [0.25, 0.3) is 0 Å². The Balaban J connectivity index is 4.07. The van der Waals surface area contributed by atoms with Gasteiger partial charge in [-0.1, -0.05) is 13.8 Å². The highest BCUT2D eigenvalue weighted by Gasteiger charge is 2.32. The van der Waals surface area contributed by atoms with E-state index in [4.69, 9.17) is 0 Å². The van der Waals surface area contributed by atoms with E-state index >= 15 is 0 Å². The van der Waals surface area contributed by atoms with E-state index in [2.05, 4.69) is 5.32 Å². The van der Waals surface area contributed by atoms with Crippen molar-refractivity contribution in [3.63, 3.8) is 0 Å². The van der Waals surface area contributed by atoms with Crippen LogP contribution in [0.15, 0.2) is 0 Å². The van der Waals surface area contributed by atoms with Gasteiger partial charge in [0.05, 0.1) is 6.54 Å². The fourth-order valence-corrected chi connectivity index (χ4v) is 1.59. The number of hydrogen-bond acceptors (Lipinski definition) is 2. The normalized spacial score (nSPS) is 14.4. The van der Waals surface area contributed by atoms with Crippen LogP contribution in [0.3, 0.4) is 0 Å². The fourth-order valence-electron chi connectivity index (χ4n) is 1.59. The van der Waals surface area contributed by atoms with Gasteiger partial charge in [-0.2, -0.15) is 13.2 Å². The maximum atomic E-state index is 12.3. The number of nitrogens with one attached hydrogen (secondary N) is 1. The second kappa shape index (κ2) is 7.90. The van der Waals surface area contributed by atoms with Crippen molar-refractivity contribution in [1.29, 1.82) is 0 Å². The lowest BCUT2D eigenvalue weighted by atomic mass is 10.2. The van der Waals surface area contributed by atoms with Crippen LogP contribution in [0.1, 0.15) is 33.6 Å². The summed E-state index contributed by atoms with van der Waals surface area (Å²) in [6.45, 7) is 6.93. The van der Waals surface area contributed by atoms with E-state index in [9.17, 15) is 13.2 Å². The molecule has 0 spiro atoms. The number of hydrogen-bond donors (Lipinski definition) is 1. The minimum absolute atomic E-state index is 0.0758. The molecule has 0 aromatic carbocycles. The highest BCUT2D eigenvalue weighted by atomic mass is 19.4. The quantitative estimate of drug-likeness (QED) is 0.656. The summed E-state index contributed by atoms with van der Waals surface area (Å²) in [6, 6.07) is -0.0758. The van der Waals surface area contributed by atoms with Crippen molar-refractivity contribution in [2.45, 2.75) is 45.8 Å². The summed E-state index contributed by atoms with van der Waals surface area (Å²) in [4.78, 5) is 1.49. The van der Waals surface area contributed by atoms with Crippen LogP contribution in [-0.2, 0) is 0 Å². The predicted molar refractivity (Wildman–Crippen MR) is 60.5 cm³/mol. The summed E-state index contributed by atoms with van der Waals surface area (Å²) in [6.07, 6.45) is -2.36. The molecular formula is C11H23F3N2. The summed E-state index contributed by atoms with van der Waals surface area (Å²) in [5, 5.41) is 3.15. The molecule has 0 saturated heterocycles. The third-order valence-corrected chi connectivity index (χ3v) is 2.38. The number of halogens is 3. The summed E-state index contributed by atoms with van der Waals surface area (Å²) in [5.41, 5.74) is 0. The molecule has 0 heterocycles. The Morgan fingerprint density at radius 2 is 1.81 bits per heavy atom. The molecule has 16 heavy (non-hydrogen) atoms.